The van der Waals surface area contributed by atoms with Crippen LogP contribution in [0.15, 0.2) is 59.6 Å². The number of rotatable bonds is 4. The van der Waals surface area contributed by atoms with Crippen molar-refractivity contribution < 1.29 is 9.59 Å². The van der Waals surface area contributed by atoms with Gasteiger partial charge in [-0.05, 0) is 36.4 Å². The Morgan fingerprint density at radius 1 is 1.17 bits per heavy atom. The van der Waals surface area contributed by atoms with Crippen LogP contribution in [-0.2, 0) is 9.59 Å². The van der Waals surface area contributed by atoms with E-state index in [-0.39, 0.29) is 18.2 Å². The second kappa shape index (κ2) is 7.51. The number of aliphatic imine (C=N–C) groups is 1. The van der Waals surface area contributed by atoms with E-state index in [4.69, 9.17) is 11.6 Å². The number of carbonyl (C=O) groups is 2. The van der Waals surface area contributed by atoms with E-state index >= 15 is 0 Å². The molecule has 1 aliphatic rings. The lowest BCUT2D eigenvalue weighted by molar-refractivity contribution is -0.122. The van der Waals surface area contributed by atoms with Crippen LogP contribution in [0.2, 0.25) is 5.02 Å². The van der Waals surface area contributed by atoms with Crippen LogP contribution in [0.3, 0.4) is 0 Å². The summed E-state index contributed by atoms with van der Waals surface area (Å²) >= 11 is 7.07. The van der Waals surface area contributed by atoms with Gasteiger partial charge >= 0.3 is 0 Å². The van der Waals surface area contributed by atoms with Gasteiger partial charge in [0.05, 0.1) is 5.69 Å². The van der Waals surface area contributed by atoms with Crippen molar-refractivity contribution >= 4 is 51.7 Å². The first-order valence-electron chi connectivity index (χ1n) is 7.27. The van der Waals surface area contributed by atoms with Gasteiger partial charge in [0.25, 0.3) is 0 Å². The van der Waals surface area contributed by atoms with E-state index < -0.39 is 5.25 Å². The number of hydrogen-bond donors (Lipinski definition) is 2. The predicted octanol–water partition coefficient (Wildman–Crippen LogP) is 3.59. The van der Waals surface area contributed by atoms with Crippen molar-refractivity contribution in [3.05, 3.63) is 59.6 Å². The molecular formula is C17H14ClN3O2S. The number of benzene rings is 2. The van der Waals surface area contributed by atoms with Crippen LogP contribution in [0, 0.1) is 0 Å². The normalized spacial score (nSPS) is 18.5. The smallest absolute Gasteiger partial charge is 0.240 e. The van der Waals surface area contributed by atoms with Crippen molar-refractivity contribution in [2.45, 2.75) is 11.7 Å². The van der Waals surface area contributed by atoms with Crippen LogP contribution < -0.4 is 10.6 Å². The molecule has 5 nitrogen and oxygen atoms in total. The number of anilines is 1. The highest BCUT2D eigenvalue weighted by atomic mass is 35.5. The summed E-state index contributed by atoms with van der Waals surface area (Å²) in [6.45, 7) is 0. The Kier molecular flexibility index (Phi) is 5.17. The number of para-hydroxylation sites is 1. The zero-order valence-electron chi connectivity index (χ0n) is 12.5. The first-order chi connectivity index (χ1) is 11.6. The molecule has 3 rings (SSSR count). The minimum absolute atomic E-state index is 0.0763. The van der Waals surface area contributed by atoms with Crippen LogP contribution in [0.1, 0.15) is 6.42 Å². The summed E-state index contributed by atoms with van der Waals surface area (Å²) < 4.78 is 0. The molecule has 1 saturated heterocycles. The maximum absolute atomic E-state index is 12.1. The van der Waals surface area contributed by atoms with Crippen molar-refractivity contribution in [1.82, 2.24) is 5.32 Å². The lowest BCUT2D eigenvalue weighted by atomic mass is 10.2. The van der Waals surface area contributed by atoms with Crippen LogP contribution in [0.5, 0.6) is 0 Å². The number of halogens is 1. The van der Waals surface area contributed by atoms with Crippen molar-refractivity contribution in [1.29, 1.82) is 0 Å². The van der Waals surface area contributed by atoms with Gasteiger partial charge in [-0.25, -0.2) is 4.99 Å². The van der Waals surface area contributed by atoms with Crippen molar-refractivity contribution in [3.63, 3.8) is 0 Å². The van der Waals surface area contributed by atoms with Gasteiger partial charge in [-0.2, -0.15) is 0 Å². The molecule has 0 bridgehead atoms. The molecule has 0 unspecified atom stereocenters. The molecule has 0 radical (unpaired) electrons. The molecule has 1 heterocycles. The van der Waals surface area contributed by atoms with Crippen LogP contribution in [-0.4, -0.2) is 22.2 Å². The predicted molar refractivity (Wildman–Crippen MR) is 97.8 cm³/mol. The Labute approximate surface area is 148 Å². The zero-order chi connectivity index (χ0) is 16.9. The van der Waals surface area contributed by atoms with Gasteiger partial charge in [-0.3, -0.25) is 9.59 Å². The number of nitrogens with one attached hydrogen (secondary N) is 2. The Morgan fingerprint density at radius 3 is 2.58 bits per heavy atom. The summed E-state index contributed by atoms with van der Waals surface area (Å²) in [6, 6.07) is 16.1. The highest BCUT2D eigenvalue weighted by Crippen LogP contribution is 2.25. The van der Waals surface area contributed by atoms with E-state index in [2.05, 4.69) is 15.6 Å². The molecule has 2 aromatic carbocycles. The van der Waals surface area contributed by atoms with E-state index in [1.807, 2.05) is 30.3 Å². The van der Waals surface area contributed by atoms with Crippen LogP contribution in [0.4, 0.5) is 11.4 Å². The molecule has 1 aliphatic heterocycles. The number of amidine groups is 1. The topological polar surface area (TPSA) is 70.6 Å². The third kappa shape index (κ3) is 4.37. The lowest BCUT2D eigenvalue weighted by Crippen LogP contribution is -2.28. The van der Waals surface area contributed by atoms with Gasteiger partial charge in [-0.15, -0.1) is 0 Å². The fraction of sp³-hybridized carbons (Fsp3) is 0.118. The maximum Gasteiger partial charge on any atom is 0.240 e. The second-order valence-electron chi connectivity index (χ2n) is 5.11. The van der Waals surface area contributed by atoms with Gasteiger partial charge in [0.1, 0.15) is 5.25 Å². The number of amides is 2. The van der Waals surface area contributed by atoms with E-state index in [9.17, 15) is 9.59 Å². The Hall–Kier alpha value is -2.31. The third-order valence-corrected chi connectivity index (χ3v) is 4.60. The molecule has 1 fully saturated rings. The van der Waals surface area contributed by atoms with E-state index in [0.29, 0.717) is 15.9 Å². The Morgan fingerprint density at radius 2 is 1.88 bits per heavy atom. The van der Waals surface area contributed by atoms with Gasteiger partial charge in [0.15, 0.2) is 5.17 Å². The summed E-state index contributed by atoms with van der Waals surface area (Å²) in [5.41, 5.74) is 1.40. The fourth-order valence-electron chi connectivity index (χ4n) is 2.13. The molecule has 2 aromatic rings. The highest BCUT2D eigenvalue weighted by Gasteiger charge is 2.32. The molecule has 1 atom stereocenters. The van der Waals surface area contributed by atoms with Crippen molar-refractivity contribution in [2.24, 2.45) is 4.99 Å². The fourth-order valence-corrected chi connectivity index (χ4v) is 3.24. The van der Waals surface area contributed by atoms with Crippen LogP contribution in [0.25, 0.3) is 0 Å². The largest absolute Gasteiger partial charge is 0.326 e. The number of hydrogen-bond acceptors (Lipinski definition) is 4. The molecule has 7 heteroatoms. The molecule has 0 aliphatic carbocycles. The van der Waals surface area contributed by atoms with Gasteiger partial charge < -0.3 is 10.6 Å². The number of carbonyl (C=O) groups excluding carboxylic acids is 2. The molecule has 0 spiro atoms. The van der Waals surface area contributed by atoms with E-state index in [0.717, 1.165) is 5.69 Å². The SMILES string of the molecule is O=C(C[C@H]1SC(=Nc2ccccc2)NC1=O)Nc1ccc(Cl)cc1. The molecule has 24 heavy (non-hydrogen) atoms. The van der Waals surface area contributed by atoms with E-state index in [1.54, 1.807) is 24.3 Å². The zero-order valence-corrected chi connectivity index (χ0v) is 14.1. The molecule has 2 amide bonds. The average molecular weight is 360 g/mol. The summed E-state index contributed by atoms with van der Waals surface area (Å²) in [5, 5.41) is 6.08. The minimum Gasteiger partial charge on any atom is -0.326 e. The van der Waals surface area contributed by atoms with E-state index in [1.165, 1.54) is 11.8 Å². The standard InChI is InChI=1S/C17H14ClN3O2S/c18-11-6-8-13(9-7-11)19-15(22)10-14-16(23)21-17(24-14)20-12-4-2-1-3-5-12/h1-9,14H,10H2,(H,19,22)(H,20,21,23)/t14-/m1/s1. The third-order valence-electron chi connectivity index (χ3n) is 3.26. The summed E-state index contributed by atoms with van der Waals surface area (Å²) in [5.74, 6) is -0.438. The Balaban J connectivity index is 1.59. The first-order valence-corrected chi connectivity index (χ1v) is 8.52. The summed E-state index contributed by atoms with van der Waals surface area (Å²) in [7, 11) is 0. The van der Waals surface area contributed by atoms with Gasteiger partial charge in [-0.1, -0.05) is 41.6 Å². The van der Waals surface area contributed by atoms with Crippen molar-refractivity contribution in [3.8, 4) is 0 Å². The molecular weight excluding hydrogens is 346 g/mol. The quantitative estimate of drug-likeness (QED) is 0.876. The molecule has 0 aromatic heterocycles. The van der Waals surface area contributed by atoms with Gasteiger partial charge in [0, 0.05) is 17.1 Å². The minimum atomic E-state index is -0.486. The highest BCUT2D eigenvalue weighted by molar-refractivity contribution is 8.15. The number of nitrogens with zero attached hydrogens (tertiary/aromatic N) is 1. The summed E-state index contributed by atoms with van der Waals surface area (Å²) in [4.78, 5) is 28.4. The lowest BCUT2D eigenvalue weighted by Gasteiger charge is -2.07. The van der Waals surface area contributed by atoms with Crippen LogP contribution >= 0.6 is 23.4 Å². The average Bonchev–Trinajstić information content (AvgIpc) is 2.90. The second-order valence-corrected chi connectivity index (χ2v) is 6.74. The molecule has 2 N–H and O–H groups in total. The van der Waals surface area contributed by atoms with Crippen molar-refractivity contribution in [2.75, 3.05) is 5.32 Å². The molecule has 122 valence electrons. The molecule has 0 saturated carbocycles. The summed E-state index contributed by atoms with van der Waals surface area (Å²) in [6.07, 6.45) is 0.0763. The van der Waals surface area contributed by atoms with Gasteiger partial charge in [0.2, 0.25) is 11.8 Å². The number of thioether (sulfide) groups is 1. The maximum atomic E-state index is 12.1. The Bertz CT molecular complexity index is 778. The first kappa shape index (κ1) is 16.5. The monoisotopic (exact) mass is 359 g/mol.